The Kier molecular flexibility index (Phi) is 4.42. The van der Waals surface area contributed by atoms with E-state index in [-0.39, 0.29) is 5.91 Å². The zero-order chi connectivity index (χ0) is 13.5. The summed E-state index contributed by atoms with van der Waals surface area (Å²) in [6.45, 7) is 0.351. The fourth-order valence-corrected chi connectivity index (χ4v) is 1.57. The first-order valence-electron chi connectivity index (χ1n) is 5.98. The van der Waals surface area contributed by atoms with Crippen molar-refractivity contribution in [1.29, 1.82) is 0 Å². The molecule has 1 aromatic carbocycles. The molecule has 0 atom stereocenters. The fraction of sp³-hybridized carbons (Fsp3) is 0.0667. The van der Waals surface area contributed by atoms with Gasteiger partial charge in [0.05, 0.1) is 5.69 Å². The number of nitrogens with one attached hydrogen (secondary N) is 1. The summed E-state index contributed by atoms with van der Waals surface area (Å²) >= 11 is 0. The van der Waals surface area contributed by atoms with Gasteiger partial charge in [-0.15, -0.1) is 0 Å². The molecule has 4 nitrogen and oxygen atoms in total. The maximum atomic E-state index is 11.7. The molecule has 3 N–H and O–H groups in total. The van der Waals surface area contributed by atoms with E-state index in [9.17, 15) is 4.79 Å². The van der Waals surface area contributed by atoms with Crippen LogP contribution in [0.5, 0.6) is 0 Å². The van der Waals surface area contributed by atoms with Crippen molar-refractivity contribution in [3.05, 3.63) is 65.9 Å². The molecule has 1 aromatic heterocycles. The molecule has 2 aromatic rings. The summed E-state index contributed by atoms with van der Waals surface area (Å²) in [6, 6.07) is 15.0. The number of nitrogens with zero attached hydrogens (tertiary/aromatic N) is 1. The molecule has 0 bridgehead atoms. The highest BCUT2D eigenvalue weighted by atomic mass is 16.1. The van der Waals surface area contributed by atoms with Crippen molar-refractivity contribution in [1.82, 2.24) is 4.98 Å². The Labute approximate surface area is 112 Å². The standard InChI is InChI=1S/C15H15N3O/c16-11-13-7-4-8-14(17-13)18-15(19)10-9-12-5-2-1-3-6-12/h1-10H,11,16H2,(H,17,18,19)/b10-9+. The number of rotatable bonds is 4. The number of nitrogens with two attached hydrogens (primary N) is 1. The van der Waals surface area contributed by atoms with Gasteiger partial charge in [-0.3, -0.25) is 4.79 Å². The van der Waals surface area contributed by atoms with Gasteiger partial charge in [-0.25, -0.2) is 4.98 Å². The Bertz CT molecular complexity index is 579. The minimum absolute atomic E-state index is 0.217. The van der Waals surface area contributed by atoms with Gasteiger partial charge in [0.25, 0.3) is 0 Å². The molecular weight excluding hydrogens is 238 g/mol. The SMILES string of the molecule is NCc1cccc(NC(=O)/C=C/c2ccccc2)n1. The minimum atomic E-state index is -0.217. The summed E-state index contributed by atoms with van der Waals surface area (Å²) in [4.78, 5) is 15.9. The number of carbonyl (C=O) groups excluding carboxylic acids is 1. The number of benzene rings is 1. The van der Waals surface area contributed by atoms with E-state index >= 15 is 0 Å². The van der Waals surface area contributed by atoms with Crippen LogP contribution in [0.4, 0.5) is 5.82 Å². The van der Waals surface area contributed by atoms with Gasteiger partial charge in [0, 0.05) is 12.6 Å². The van der Waals surface area contributed by atoms with E-state index in [1.807, 2.05) is 42.5 Å². The molecule has 0 aliphatic carbocycles. The van der Waals surface area contributed by atoms with Crippen molar-refractivity contribution in [2.75, 3.05) is 5.32 Å². The van der Waals surface area contributed by atoms with Crippen molar-refractivity contribution in [3.63, 3.8) is 0 Å². The summed E-state index contributed by atoms with van der Waals surface area (Å²) in [5.74, 6) is 0.288. The van der Waals surface area contributed by atoms with Crippen LogP contribution >= 0.6 is 0 Å². The van der Waals surface area contributed by atoms with Crippen LogP contribution in [0.3, 0.4) is 0 Å². The van der Waals surface area contributed by atoms with Crippen LogP contribution in [-0.4, -0.2) is 10.9 Å². The number of amides is 1. The third-order valence-electron chi connectivity index (χ3n) is 2.49. The molecule has 1 amide bonds. The molecule has 0 aliphatic heterocycles. The van der Waals surface area contributed by atoms with Gasteiger partial charge < -0.3 is 11.1 Å². The van der Waals surface area contributed by atoms with Crippen molar-refractivity contribution in [2.45, 2.75) is 6.54 Å². The number of anilines is 1. The molecule has 0 unspecified atom stereocenters. The van der Waals surface area contributed by atoms with E-state index in [0.717, 1.165) is 11.3 Å². The Hall–Kier alpha value is -2.46. The van der Waals surface area contributed by atoms with E-state index in [0.29, 0.717) is 12.4 Å². The van der Waals surface area contributed by atoms with Crippen molar-refractivity contribution in [2.24, 2.45) is 5.73 Å². The molecule has 0 fully saturated rings. The van der Waals surface area contributed by atoms with Gasteiger partial charge in [0.1, 0.15) is 5.82 Å². The van der Waals surface area contributed by atoms with Crippen LogP contribution in [0.2, 0.25) is 0 Å². The van der Waals surface area contributed by atoms with Gasteiger partial charge in [0.2, 0.25) is 5.91 Å². The summed E-state index contributed by atoms with van der Waals surface area (Å²) in [6.07, 6.45) is 3.23. The Balaban J connectivity index is 1.99. The molecular formula is C15H15N3O. The normalized spacial score (nSPS) is 10.6. The van der Waals surface area contributed by atoms with Crippen LogP contribution < -0.4 is 11.1 Å². The molecule has 0 spiro atoms. The lowest BCUT2D eigenvalue weighted by Gasteiger charge is -2.02. The maximum Gasteiger partial charge on any atom is 0.249 e. The number of carbonyl (C=O) groups is 1. The quantitative estimate of drug-likeness (QED) is 0.821. The molecule has 1 heterocycles. The van der Waals surface area contributed by atoms with Gasteiger partial charge in [0.15, 0.2) is 0 Å². The highest BCUT2D eigenvalue weighted by Gasteiger charge is 1.99. The number of hydrogen-bond donors (Lipinski definition) is 2. The molecule has 19 heavy (non-hydrogen) atoms. The molecule has 0 aliphatic rings. The summed E-state index contributed by atoms with van der Waals surface area (Å²) in [7, 11) is 0. The number of aromatic nitrogens is 1. The molecule has 0 saturated carbocycles. The smallest absolute Gasteiger partial charge is 0.249 e. The van der Waals surface area contributed by atoms with E-state index in [4.69, 9.17) is 5.73 Å². The van der Waals surface area contributed by atoms with Gasteiger partial charge in [-0.1, -0.05) is 36.4 Å². The molecule has 0 radical (unpaired) electrons. The Morgan fingerprint density at radius 1 is 1.16 bits per heavy atom. The first kappa shape index (κ1) is 13.0. The average Bonchev–Trinajstić information content (AvgIpc) is 2.46. The average molecular weight is 253 g/mol. The van der Waals surface area contributed by atoms with Crippen LogP contribution in [0, 0.1) is 0 Å². The third-order valence-corrected chi connectivity index (χ3v) is 2.49. The largest absolute Gasteiger partial charge is 0.325 e. The zero-order valence-corrected chi connectivity index (χ0v) is 10.4. The van der Waals surface area contributed by atoms with Crippen LogP contribution in [0.1, 0.15) is 11.3 Å². The Morgan fingerprint density at radius 3 is 2.68 bits per heavy atom. The third kappa shape index (κ3) is 4.04. The van der Waals surface area contributed by atoms with Crippen LogP contribution in [0.25, 0.3) is 6.08 Å². The first-order valence-corrected chi connectivity index (χ1v) is 5.98. The maximum absolute atomic E-state index is 11.7. The predicted octanol–water partition coefficient (Wildman–Crippen LogP) is 2.19. The van der Waals surface area contributed by atoms with Crippen LogP contribution in [-0.2, 0) is 11.3 Å². The molecule has 4 heteroatoms. The molecule has 96 valence electrons. The van der Waals surface area contributed by atoms with Gasteiger partial charge >= 0.3 is 0 Å². The second-order valence-corrected chi connectivity index (χ2v) is 3.95. The fourth-order valence-electron chi connectivity index (χ4n) is 1.57. The predicted molar refractivity (Wildman–Crippen MR) is 76.2 cm³/mol. The number of pyridine rings is 1. The van der Waals surface area contributed by atoms with Crippen molar-refractivity contribution < 1.29 is 4.79 Å². The summed E-state index contributed by atoms with van der Waals surface area (Å²) in [5.41, 5.74) is 7.21. The van der Waals surface area contributed by atoms with E-state index in [1.165, 1.54) is 6.08 Å². The second-order valence-electron chi connectivity index (χ2n) is 3.95. The highest BCUT2D eigenvalue weighted by Crippen LogP contribution is 2.05. The lowest BCUT2D eigenvalue weighted by Crippen LogP contribution is -2.10. The monoisotopic (exact) mass is 253 g/mol. The van der Waals surface area contributed by atoms with E-state index in [2.05, 4.69) is 10.3 Å². The lowest BCUT2D eigenvalue weighted by atomic mass is 10.2. The van der Waals surface area contributed by atoms with Crippen molar-refractivity contribution in [3.8, 4) is 0 Å². The second kappa shape index (κ2) is 6.47. The lowest BCUT2D eigenvalue weighted by molar-refractivity contribution is -0.111. The summed E-state index contributed by atoms with van der Waals surface area (Å²) in [5, 5.41) is 2.69. The van der Waals surface area contributed by atoms with Crippen molar-refractivity contribution >= 4 is 17.8 Å². The first-order chi connectivity index (χ1) is 9.28. The van der Waals surface area contributed by atoms with Gasteiger partial charge in [-0.05, 0) is 23.8 Å². The zero-order valence-electron chi connectivity index (χ0n) is 10.4. The summed E-state index contributed by atoms with van der Waals surface area (Å²) < 4.78 is 0. The minimum Gasteiger partial charge on any atom is -0.325 e. The molecule has 2 rings (SSSR count). The Morgan fingerprint density at radius 2 is 1.95 bits per heavy atom. The van der Waals surface area contributed by atoms with E-state index in [1.54, 1.807) is 12.1 Å². The molecule has 0 saturated heterocycles. The van der Waals surface area contributed by atoms with Crippen LogP contribution in [0.15, 0.2) is 54.6 Å². The number of hydrogen-bond acceptors (Lipinski definition) is 3. The van der Waals surface area contributed by atoms with E-state index < -0.39 is 0 Å². The highest BCUT2D eigenvalue weighted by molar-refractivity contribution is 6.01. The topological polar surface area (TPSA) is 68.0 Å². The van der Waals surface area contributed by atoms with Gasteiger partial charge in [-0.2, -0.15) is 0 Å².